The van der Waals surface area contributed by atoms with Gasteiger partial charge in [-0.2, -0.15) is 0 Å². The predicted octanol–water partition coefficient (Wildman–Crippen LogP) is 3.02. The number of hydrogen-bond acceptors (Lipinski definition) is 3. The normalized spacial score (nSPS) is 11.7. The summed E-state index contributed by atoms with van der Waals surface area (Å²) in [5.41, 5.74) is 1.54. The quantitative estimate of drug-likeness (QED) is 0.716. The van der Waals surface area contributed by atoms with Gasteiger partial charge < -0.3 is 15.7 Å². The Labute approximate surface area is 134 Å². The molecule has 22 heavy (non-hydrogen) atoms. The number of nitrogens with zero attached hydrogens (tertiary/aromatic N) is 1. The Bertz CT molecular complexity index is 607. The van der Waals surface area contributed by atoms with E-state index in [1.807, 2.05) is 30.3 Å². The molecule has 0 aliphatic rings. The number of aliphatic hydroxyl groups is 1. The number of aromatic nitrogens is 1. The molecule has 1 unspecified atom stereocenters. The number of anilines is 1. The van der Waals surface area contributed by atoms with Crippen LogP contribution < -0.4 is 10.6 Å². The van der Waals surface area contributed by atoms with Crippen LogP contribution in [0.25, 0.3) is 0 Å². The number of aliphatic hydroxyl groups excluding tert-OH is 1. The molecule has 1 atom stereocenters. The van der Waals surface area contributed by atoms with Crippen molar-refractivity contribution in [2.24, 2.45) is 0 Å². The van der Waals surface area contributed by atoms with Crippen LogP contribution in [0.3, 0.4) is 0 Å². The van der Waals surface area contributed by atoms with Crippen molar-refractivity contribution in [2.75, 3.05) is 18.5 Å². The molecule has 5 nitrogen and oxygen atoms in total. The molecule has 2 rings (SSSR count). The third kappa shape index (κ3) is 4.72. The molecule has 1 heterocycles. The van der Waals surface area contributed by atoms with Crippen molar-refractivity contribution in [1.29, 1.82) is 0 Å². The molecule has 0 bridgehead atoms. The second kappa shape index (κ2) is 8.36. The van der Waals surface area contributed by atoms with E-state index in [0.29, 0.717) is 18.7 Å². The number of urea groups is 1. The van der Waals surface area contributed by atoms with Crippen LogP contribution >= 0.6 is 11.6 Å². The van der Waals surface area contributed by atoms with Crippen LogP contribution in [0, 0.1) is 0 Å². The van der Waals surface area contributed by atoms with E-state index in [-0.39, 0.29) is 23.7 Å². The zero-order valence-electron chi connectivity index (χ0n) is 12.0. The summed E-state index contributed by atoms with van der Waals surface area (Å²) in [5, 5.41) is 14.9. The average molecular weight is 320 g/mol. The fourth-order valence-corrected chi connectivity index (χ4v) is 2.30. The highest BCUT2D eigenvalue weighted by Crippen LogP contribution is 2.19. The van der Waals surface area contributed by atoms with Gasteiger partial charge in [0.15, 0.2) is 5.15 Å². The lowest BCUT2D eigenvalue weighted by Crippen LogP contribution is -2.32. The highest BCUT2D eigenvalue weighted by molar-refractivity contribution is 6.32. The Balaban J connectivity index is 1.92. The maximum absolute atomic E-state index is 11.9. The highest BCUT2D eigenvalue weighted by atomic mass is 35.5. The van der Waals surface area contributed by atoms with Gasteiger partial charge in [-0.05, 0) is 24.1 Å². The SMILES string of the molecule is O=C(NCC(CCO)c1ccccc1)Nc1cccnc1Cl. The van der Waals surface area contributed by atoms with Gasteiger partial charge in [0.05, 0.1) is 5.69 Å². The number of amides is 2. The summed E-state index contributed by atoms with van der Waals surface area (Å²) in [4.78, 5) is 15.8. The lowest BCUT2D eigenvalue weighted by Gasteiger charge is -2.17. The maximum atomic E-state index is 11.9. The van der Waals surface area contributed by atoms with E-state index in [0.717, 1.165) is 5.56 Å². The summed E-state index contributed by atoms with van der Waals surface area (Å²) in [7, 11) is 0. The number of rotatable bonds is 6. The number of carbonyl (C=O) groups is 1. The van der Waals surface area contributed by atoms with Crippen LogP contribution in [0.1, 0.15) is 17.9 Å². The molecule has 3 N–H and O–H groups in total. The first-order valence-corrected chi connectivity index (χ1v) is 7.39. The molecule has 1 aromatic carbocycles. The van der Waals surface area contributed by atoms with Gasteiger partial charge in [-0.3, -0.25) is 0 Å². The summed E-state index contributed by atoms with van der Waals surface area (Å²) in [6.45, 7) is 0.492. The predicted molar refractivity (Wildman–Crippen MR) is 87.2 cm³/mol. The van der Waals surface area contributed by atoms with Gasteiger partial charge in [0.1, 0.15) is 0 Å². The molecule has 2 aromatic rings. The molecule has 0 spiro atoms. The monoisotopic (exact) mass is 319 g/mol. The number of hydrogen-bond donors (Lipinski definition) is 3. The second-order valence-corrected chi connectivity index (χ2v) is 5.15. The number of benzene rings is 1. The first-order chi connectivity index (χ1) is 10.7. The smallest absolute Gasteiger partial charge is 0.319 e. The Morgan fingerprint density at radius 3 is 2.68 bits per heavy atom. The summed E-state index contributed by atoms with van der Waals surface area (Å²) in [6.07, 6.45) is 2.13. The molecule has 0 fully saturated rings. The summed E-state index contributed by atoms with van der Waals surface area (Å²) in [5.74, 6) is 0.0568. The van der Waals surface area contributed by atoms with Crippen molar-refractivity contribution in [3.63, 3.8) is 0 Å². The Morgan fingerprint density at radius 2 is 2.00 bits per heavy atom. The highest BCUT2D eigenvalue weighted by Gasteiger charge is 2.13. The summed E-state index contributed by atoms with van der Waals surface area (Å²) < 4.78 is 0. The van der Waals surface area contributed by atoms with Crippen molar-refractivity contribution >= 4 is 23.3 Å². The fraction of sp³-hybridized carbons (Fsp3) is 0.250. The van der Waals surface area contributed by atoms with Crippen LogP contribution in [0.15, 0.2) is 48.7 Å². The van der Waals surface area contributed by atoms with E-state index in [4.69, 9.17) is 11.6 Å². The van der Waals surface area contributed by atoms with Gasteiger partial charge in [-0.1, -0.05) is 41.9 Å². The molecule has 0 saturated heterocycles. The molecule has 6 heteroatoms. The second-order valence-electron chi connectivity index (χ2n) is 4.80. The number of carbonyl (C=O) groups excluding carboxylic acids is 1. The molecule has 0 aliphatic heterocycles. The summed E-state index contributed by atoms with van der Waals surface area (Å²) in [6, 6.07) is 12.8. The van der Waals surface area contributed by atoms with Crippen molar-refractivity contribution < 1.29 is 9.90 Å². The number of nitrogens with one attached hydrogen (secondary N) is 2. The topological polar surface area (TPSA) is 74.2 Å². The molecule has 0 radical (unpaired) electrons. The van der Waals surface area contributed by atoms with Gasteiger partial charge >= 0.3 is 6.03 Å². The van der Waals surface area contributed by atoms with Crippen molar-refractivity contribution in [3.8, 4) is 0 Å². The Kier molecular flexibility index (Phi) is 6.18. The minimum atomic E-state index is -0.353. The zero-order valence-corrected chi connectivity index (χ0v) is 12.8. The van der Waals surface area contributed by atoms with Crippen LogP contribution in [0.2, 0.25) is 5.15 Å². The standard InChI is InChI=1S/C16H18ClN3O2/c17-15-14(7-4-9-18-15)20-16(22)19-11-13(8-10-21)12-5-2-1-3-6-12/h1-7,9,13,21H,8,10-11H2,(H2,19,20,22). The lowest BCUT2D eigenvalue weighted by molar-refractivity contribution is 0.248. The number of pyridine rings is 1. The van der Waals surface area contributed by atoms with Crippen LogP contribution in [-0.2, 0) is 0 Å². The Hall–Kier alpha value is -2.11. The van der Waals surface area contributed by atoms with Gasteiger partial charge in [0.25, 0.3) is 0 Å². The Morgan fingerprint density at radius 1 is 1.23 bits per heavy atom. The van der Waals surface area contributed by atoms with E-state index in [9.17, 15) is 9.90 Å². The van der Waals surface area contributed by atoms with E-state index in [1.165, 1.54) is 0 Å². The molecule has 116 valence electrons. The van der Waals surface area contributed by atoms with Crippen molar-refractivity contribution in [2.45, 2.75) is 12.3 Å². The van der Waals surface area contributed by atoms with Crippen LogP contribution in [-0.4, -0.2) is 29.3 Å². The third-order valence-corrected chi connectivity index (χ3v) is 3.57. The minimum Gasteiger partial charge on any atom is -0.396 e. The fourth-order valence-electron chi connectivity index (χ4n) is 2.13. The maximum Gasteiger partial charge on any atom is 0.319 e. The first-order valence-electron chi connectivity index (χ1n) is 7.02. The van der Waals surface area contributed by atoms with Gasteiger partial charge in [-0.25, -0.2) is 9.78 Å². The largest absolute Gasteiger partial charge is 0.396 e. The molecule has 0 saturated carbocycles. The first kappa shape index (κ1) is 16.3. The van der Waals surface area contributed by atoms with Gasteiger partial charge in [0.2, 0.25) is 0 Å². The van der Waals surface area contributed by atoms with Gasteiger partial charge in [0, 0.05) is 25.3 Å². The molecule has 2 amide bonds. The van der Waals surface area contributed by atoms with Gasteiger partial charge in [-0.15, -0.1) is 0 Å². The zero-order chi connectivity index (χ0) is 15.8. The van der Waals surface area contributed by atoms with E-state index < -0.39 is 0 Å². The van der Waals surface area contributed by atoms with Crippen molar-refractivity contribution in [1.82, 2.24) is 10.3 Å². The third-order valence-electron chi connectivity index (χ3n) is 3.26. The minimum absolute atomic E-state index is 0.0568. The molecule has 1 aromatic heterocycles. The van der Waals surface area contributed by atoms with Crippen LogP contribution in [0.4, 0.5) is 10.5 Å². The molecule has 0 aliphatic carbocycles. The van der Waals surface area contributed by atoms with Crippen molar-refractivity contribution in [3.05, 3.63) is 59.4 Å². The summed E-state index contributed by atoms with van der Waals surface area (Å²) >= 11 is 5.89. The lowest BCUT2D eigenvalue weighted by atomic mass is 9.96. The molecular formula is C16H18ClN3O2. The van der Waals surface area contributed by atoms with E-state index in [2.05, 4.69) is 15.6 Å². The molecular weight excluding hydrogens is 302 g/mol. The van der Waals surface area contributed by atoms with Crippen LogP contribution in [0.5, 0.6) is 0 Å². The average Bonchev–Trinajstić information content (AvgIpc) is 2.54. The number of halogens is 1. The van der Waals surface area contributed by atoms with E-state index >= 15 is 0 Å². The van der Waals surface area contributed by atoms with E-state index in [1.54, 1.807) is 18.3 Å².